The van der Waals surface area contributed by atoms with E-state index in [2.05, 4.69) is 58.7 Å². The summed E-state index contributed by atoms with van der Waals surface area (Å²) in [5, 5.41) is 26.5. The van der Waals surface area contributed by atoms with E-state index in [9.17, 15) is 19.8 Å². The molecule has 0 saturated carbocycles. The lowest BCUT2D eigenvalue weighted by molar-refractivity contribution is 0.0500. The van der Waals surface area contributed by atoms with Gasteiger partial charge in [0.15, 0.2) is 43.6 Å². The highest BCUT2D eigenvalue weighted by atomic mass is 16.7. The summed E-state index contributed by atoms with van der Waals surface area (Å²) < 4.78 is 31.5. The van der Waals surface area contributed by atoms with Gasteiger partial charge in [-0.15, -0.1) is 0 Å². The van der Waals surface area contributed by atoms with Crippen molar-refractivity contribution in [2.45, 2.75) is 114 Å². The van der Waals surface area contributed by atoms with Crippen molar-refractivity contribution in [1.29, 1.82) is 0 Å². The van der Waals surface area contributed by atoms with E-state index < -0.39 is 0 Å². The zero-order valence-corrected chi connectivity index (χ0v) is 50.7. The Morgan fingerprint density at radius 2 is 0.854 bits per heavy atom. The smallest absolute Gasteiger partial charge is 0.188 e. The standard InChI is InChI=1S/C19H20N4O2.C17H16N4O.C12H17NO2.C12H14O3.C10H10O2/c1-24-12-25-17-9-3-5-13-14(17)6-2-7-15(13)23-19-18-16(21-11-22-19)8-4-10-20-18;22-15-8-2-4-11-12(15)5-1-6-13(11)21-17-16-14(19-10-20-17)7-3-9-18-16;2*1-14-8-15-12-7-3-4-9-10(12)5-2-6-11(9)13;11-9-5-1-3-7-8(9)4-2-6-10(7)12/h3-5,8-11,15H,2,6-7,12H2,1H3,(H,21,22,23);2-4,7-10,13,22H,1,5-6H2,(H,19,20,21);3-4,7,11H,2,5-6,8,13H2,1H3;3-4,7H,2,5-6,8H2,1H3;1,3,5,11H,2,4,6H2. The number of nitrogens with zero attached hydrogens (tertiary/aromatic N) is 6. The van der Waals surface area contributed by atoms with Gasteiger partial charge in [0, 0.05) is 74.9 Å². The SMILES string of the molecule is COCOc1cccc2c1CCCC2=O.COCOc1cccc2c1CCCC2N.COCOc1cccc2c1CCCC2Nc1ncnc2cccnc12.O=C1CCCc2c(O)cccc21.Oc1cccc2c1CCCC2Nc1ncnc2cccnc12. The van der Waals surface area contributed by atoms with Crippen LogP contribution in [0.25, 0.3) is 22.1 Å². The topological polar surface area (TPSA) is 257 Å². The number of rotatable bonds is 13. The first-order valence-corrected chi connectivity index (χ1v) is 30.4. The number of carbonyl (C=O) groups excluding carboxylic acids is 2. The molecule has 3 atom stereocenters. The first-order valence-electron chi connectivity index (χ1n) is 30.4. The van der Waals surface area contributed by atoms with Crippen LogP contribution < -0.4 is 30.6 Å². The number of pyridine rings is 2. The summed E-state index contributed by atoms with van der Waals surface area (Å²) in [5.41, 5.74) is 19.9. The molecule has 0 bridgehead atoms. The van der Waals surface area contributed by atoms with Crippen LogP contribution in [0, 0.1) is 0 Å². The van der Waals surface area contributed by atoms with E-state index in [1.165, 1.54) is 22.3 Å². The number of nitrogens with one attached hydrogen (secondary N) is 2. The van der Waals surface area contributed by atoms with Crippen LogP contribution in [0.1, 0.15) is 148 Å². The fourth-order valence-electron chi connectivity index (χ4n) is 12.2. The predicted octanol–water partition coefficient (Wildman–Crippen LogP) is 12.8. The molecule has 9 aromatic rings. The zero-order chi connectivity index (χ0) is 61.9. The number of aromatic hydroxyl groups is 2. The molecule has 19 heteroatoms. The number of hydrogen-bond donors (Lipinski definition) is 5. The van der Waals surface area contributed by atoms with E-state index >= 15 is 0 Å². The van der Waals surface area contributed by atoms with E-state index in [1.54, 1.807) is 70.6 Å². The highest BCUT2D eigenvalue weighted by Gasteiger charge is 2.27. The van der Waals surface area contributed by atoms with Gasteiger partial charge in [-0.1, -0.05) is 60.7 Å². The molecule has 0 saturated heterocycles. The Morgan fingerprint density at radius 3 is 1.39 bits per heavy atom. The summed E-state index contributed by atoms with van der Waals surface area (Å²) in [5.74, 6) is 5.14. The quantitative estimate of drug-likeness (QED) is 0.0672. The van der Waals surface area contributed by atoms with Gasteiger partial charge < -0.3 is 55.0 Å². The van der Waals surface area contributed by atoms with Crippen molar-refractivity contribution in [2.75, 3.05) is 52.3 Å². The molecule has 5 aliphatic carbocycles. The average molecular weight is 1200 g/mol. The number of Topliss-reactive ketones (excluding diaryl/α,β-unsaturated/α-hetero) is 2. The fourth-order valence-corrected chi connectivity index (χ4v) is 12.2. The van der Waals surface area contributed by atoms with E-state index in [-0.39, 0.29) is 49.0 Å². The maximum atomic E-state index is 11.6. The molecule has 5 aromatic carbocycles. The Morgan fingerprint density at radius 1 is 0.438 bits per heavy atom. The third-order valence-electron chi connectivity index (χ3n) is 16.4. The van der Waals surface area contributed by atoms with Crippen LogP contribution in [0.4, 0.5) is 11.6 Å². The number of methoxy groups -OCH3 is 3. The minimum Gasteiger partial charge on any atom is -0.508 e. The van der Waals surface area contributed by atoms with Crippen LogP contribution in [-0.4, -0.2) is 93.4 Å². The van der Waals surface area contributed by atoms with Crippen LogP contribution in [0.2, 0.25) is 0 Å². The molecule has 4 heterocycles. The Balaban J connectivity index is 0.000000126. The number of nitrogens with two attached hydrogens (primary N) is 1. The lowest BCUT2D eigenvalue weighted by Crippen LogP contribution is -2.19. The fraction of sp³-hybridized carbons (Fsp3) is 0.343. The number of phenols is 2. The Labute approximate surface area is 518 Å². The van der Waals surface area contributed by atoms with Crippen LogP contribution in [-0.2, 0) is 46.3 Å². The number of ether oxygens (including phenoxy) is 6. The number of aromatic nitrogens is 6. The third kappa shape index (κ3) is 15.6. The molecule has 14 rings (SSSR count). The lowest BCUT2D eigenvalue weighted by Gasteiger charge is -2.28. The van der Waals surface area contributed by atoms with Crippen molar-refractivity contribution in [3.05, 3.63) is 196 Å². The van der Waals surface area contributed by atoms with Crippen molar-refractivity contribution >= 4 is 45.3 Å². The van der Waals surface area contributed by atoms with Crippen LogP contribution in [0.15, 0.2) is 140 Å². The molecular formula is C70H77N9O10. The zero-order valence-electron chi connectivity index (χ0n) is 50.7. The minimum atomic E-state index is 0.135. The summed E-state index contributed by atoms with van der Waals surface area (Å²) in [6.45, 7) is 0.783. The van der Waals surface area contributed by atoms with Gasteiger partial charge in [-0.3, -0.25) is 19.6 Å². The average Bonchev–Trinajstić information content (AvgIpc) is 3.13. The Kier molecular flexibility index (Phi) is 22.0. The molecule has 0 fully saturated rings. The number of fused-ring (bicyclic) bond motifs is 7. The third-order valence-corrected chi connectivity index (χ3v) is 16.4. The van der Waals surface area contributed by atoms with Crippen LogP contribution >= 0.6 is 0 Å². The second-order valence-corrected chi connectivity index (χ2v) is 22.1. The van der Waals surface area contributed by atoms with Crippen molar-refractivity contribution in [2.24, 2.45) is 5.73 Å². The summed E-state index contributed by atoms with van der Waals surface area (Å²) in [6, 6.07) is 36.8. The predicted molar refractivity (Wildman–Crippen MR) is 341 cm³/mol. The minimum absolute atomic E-state index is 0.135. The summed E-state index contributed by atoms with van der Waals surface area (Å²) in [7, 11) is 4.84. The van der Waals surface area contributed by atoms with Gasteiger partial charge >= 0.3 is 0 Å². The maximum absolute atomic E-state index is 11.6. The molecule has 5 aliphatic rings. The number of carbonyl (C=O) groups is 2. The van der Waals surface area contributed by atoms with E-state index in [0.717, 1.165) is 162 Å². The monoisotopic (exact) mass is 1200 g/mol. The van der Waals surface area contributed by atoms with Crippen molar-refractivity contribution < 1.29 is 48.2 Å². The van der Waals surface area contributed by atoms with Gasteiger partial charge in [-0.25, -0.2) is 19.9 Å². The number of hydrogen-bond acceptors (Lipinski definition) is 19. The second kappa shape index (κ2) is 31.2. The van der Waals surface area contributed by atoms with E-state index in [0.29, 0.717) is 30.9 Å². The molecular weight excluding hydrogens is 1130 g/mol. The van der Waals surface area contributed by atoms with Crippen molar-refractivity contribution in [3.8, 4) is 28.7 Å². The molecule has 89 heavy (non-hydrogen) atoms. The summed E-state index contributed by atoms with van der Waals surface area (Å²) in [4.78, 5) is 49.0. The van der Waals surface area contributed by atoms with Gasteiger partial charge in [0.2, 0.25) is 0 Å². The first-order chi connectivity index (χ1) is 43.6. The molecule has 0 spiro atoms. The number of anilines is 2. The molecule has 462 valence electrons. The molecule has 6 N–H and O–H groups in total. The van der Waals surface area contributed by atoms with E-state index in [4.69, 9.17) is 34.2 Å². The number of ketones is 2. The van der Waals surface area contributed by atoms with Crippen LogP contribution in [0.3, 0.4) is 0 Å². The Hall–Kier alpha value is -9.14. The molecule has 0 amide bonds. The van der Waals surface area contributed by atoms with Gasteiger partial charge in [0.1, 0.15) is 52.4 Å². The van der Waals surface area contributed by atoms with Gasteiger partial charge in [0.05, 0.1) is 23.1 Å². The summed E-state index contributed by atoms with van der Waals surface area (Å²) in [6.07, 6.45) is 20.8. The molecule has 0 aliphatic heterocycles. The second-order valence-electron chi connectivity index (χ2n) is 22.1. The van der Waals surface area contributed by atoms with Gasteiger partial charge in [-0.2, -0.15) is 0 Å². The van der Waals surface area contributed by atoms with E-state index in [1.807, 2.05) is 72.8 Å². The highest BCUT2D eigenvalue weighted by molar-refractivity contribution is 5.99. The number of phenolic OH excluding ortho intramolecular Hbond substituents is 2. The molecule has 4 aromatic heterocycles. The van der Waals surface area contributed by atoms with Crippen molar-refractivity contribution in [3.63, 3.8) is 0 Å². The molecule has 0 radical (unpaired) electrons. The van der Waals surface area contributed by atoms with Gasteiger partial charge in [-0.05, 0) is 171 Å². The highest BCUT2D eigenvalue weighted by Crippen LogP contribution is 2.40. The van der Waals surface area contributed by atoms with Crippen molar-refractivity contribution in [1.82, 2.24) is 29.9 Å². The lowest BCUT2D eigenvalue weighted by atomic mass is 9.87. The normalized spacial score (nSPS) is 16.8. The van der Waals surface area contributed by atoms with Gasteiger partial charge in [0.25, 0.3) is 0 Å². The van der Waals surface area contributed by atoms with Crippen LogP contribution in [0.5, 0.6) is 28.7 Å². The maximum Gasteiger partial charge on any atom is 0.188 e. The molecule has 3 unspecified atom stereocenters. The Bertz CT molecular complexity index is 3860. The largest absolute Gasteiger partial charge is 0.508 e. The summed E-state index contributed by atoms with van der Waals surface area (Å²) >= 11 is 0. The number of benzene rings is 5. The molecule has 19 nitrogen and oxygen atoms in total. The first kappa shape index (κ1) is 62.9.